The number of ether oxygens (including phenoxy) is 2. The minimum atomic E-state index is -2.96. The number of esters is 1. The third kappa shape index (κ3) is 3.70. The summed E-state index contributed by atoms with van der Waals surface area (Å²) in [6.45, 7) is 0. The molecule has 0 unspecified atom stereocenters. The van der Waals surface area contributed by atoms with Crippen molar-refractivity contribution in [2.75, 3.05) is 18.6 Å². The van der Waals surface area contributed by atoms with Crippen molar-refractivity contribution in [3.05, 3.63) is 24.3 Å². The van der Waals surface area contributed by atoms with Crippen LogP contribution in [0, 0.1) is 5.92 Å². The highest BCUT2D eigenvalue weighted by atomic mass is 32.2. The first-order valence-corrected chi connectivity index (χ1v) is 7.86. The van der Waals surface area contributed by atoms with Crippen LogP contribution in [0.1, 0.15) is 12.8 Å². The van der Waals surface area contributed by atoms with Gasteiger partial charge in [0, 0.05) is 6.42 Å². The molecule has 1 heterocycles. The monoisotopic (exact) mass is 284 g/mol. The summed E-state index contributed by atoms with van der Waals surface area (Å²) >= 11 is 0. The minimum absolute atomic E-state index is 0.0774. The lowest BCUT2D eigenvalue weighted by molar-refractivity contribution is -0.135. The third-order valence-electron chi connectivity index (χ3n) is 3.07. The normalized spacial score (nSPS) is 21.0. The van der Waals surface area contributed by atoms with Crippen LogP contribution >= 0.6 is 0 Å². The predicted octanol–water partition coefficient (Wildman–Crippen LogP) is 1.43. The SMILES string of the molecule is COc1ccccc1OC(=O)C[C@H]1CCS(=O)(=O)C1. The van der Waals surface area contributed by atoms with Gasteiger partial charge in [0.1, 0.15) is 0 Å². The molecule has 0 aromatic heterocycles. The Kier molecular flexibility index (Phi) is 4.09. The Bertz CT molecular complexity index is 564. The van der Waals surface area contributed by atoms with E-state index in [-0.39, 0.29) is 23.8 Å². The van der Waals surface area contributed by atoms with E-state index < -0.39 is 15.8 Å². The molecule has 19 heavy (non-hydrogen) atoms. The largest absolute Gasteiger partial charge is 0.493 e. The zero-order chi connectivity index (χ0) is 13.9. The zero-order valence-electron chi connectivity index (χ0n) is 10.7. The number of carbonyl (C=O) groups excluding carboxylic acids is 1. The molecule has 0 radical (unpaired) electrons. The highest BCUT2D eigenvalue weighted by Crippen LogP contribution is 2.27. The third-order valence-corrected chi connectivity index (χ3v) is 4.91. The molecule has 1 atom stereocenters. The molecule has 0 spiro atoms. The van der Waals surface area contributed by atoms with E-state index >= 15 is 0 Å². The lowest BCUT2D eigenvalue weighted by atomic mass is 10.1. The molecule has 5 nitrogen and oxygen atoms in total. The van der Waals surface area contributed by atoms with Crippen LogP contribution in [-0.4, -0.2) is 33.0 Å². The van der Waals surface area contributed by atoms with Gasteiger partial charge in [0.15, 0.2) is 21.3 Å². The molecule has 1 aliphatic heterocycles. The number of rotatable bonds is 4. The summed E-state index contributed by atoms with van der Waals surface area (Å²) < 4.78 is 32.9. The number of carbonyl (C=O) groups is 1. The average Bonchev–Trinajstić information content (AvgIpc) is 2.69. The predicted molar refractivity (Wildman–Crippen MR) is 70.0 cm³/mol. The first-order valence-electron chi connectivity index (χ1n) is 6.04. The van der Waals surface area contributed by atoms with Gasteiger partial charge in [-0.3, -0.25) is 4.79 Å². The van der Waals surface area contributed by atoms with E-state index in [1.54, 1.807) is 24.3 Å². The fourth-order valence-corrected chi connectivity index (χ4v) is 4.00. The highest BCUT2D eigenvalue weighted by molar-refractivity contribution is 7.91. The number of para-hydroxylation sites is 2. The summed E-state index contributed by atoms with van der Waals surface area (Å²) in [5.74, 6) is 0.526. The lowest BCUT2D eigenvalue weighted by Gasteiger charge is -2.10. The number of hydrogen-bond acceptors (Lipinski definition) is 5. The van der Waals surface area contributed by atoms with E-state index in [1.165, 1.54) is 7.11 Å². The molecular weight excluding hydrogens is 268 g/mol. The van der Waals surface area contributed by atoms with Gasteiger partial charge in [0.05, 0.1) is 18.6 Å². The van der Waals surface area contributed by atoms with E-state index in [1.807, 2.05) is 0 Å². The maximum atomic E-state index is 11.8. The van der Waals surface area contributed by atoms with E-state index in [2.05, 4.69) is 0 Å². The first-order chi connectivity index (χ1) is 9.00. The molecular formula is C13H16O5S. The van der Waals surface area contributed by atoms with Crippen molar-refractivity contribution in [2.24, 2.45) is 5.92 Å². The van der Waals surface area contributed by atoms with Gasteiger partial charge >= 0.3 is 5.97 Å². The fourth-order valence-electron chi connectivity index (χ4n) is 2.14. The van der Waals surface area contributed by atoms with Crippen molar-refractivity contribution < 1.29 is 22.7 Å². The zero-order valence-corrected chi connectivity index (χ0v) is 11.5. The minimum Gasteiger partial charge on any atom is -0.493 e. The summed E-state index contributed by atoms with van der Waals surface area (Å²) in [6, 6.07) is 6.86. The van der Waals surface area contributed by atoms with Gasteiger partial charge in [0.2, 0.25) is 0 Å². The van der Waals surface area contributed by atoms with Gasteiger partial charge in [-0.15, -0.1) is 0 Å². The van der Waals surface area contributed by atoms with Crippen molar-refractivity contribution >= 4 is 15.8 Å². The van der Waals surface area contributed by atoms with Gasteiger partial charge in [-0.2, -0.15) is 0 Å². The second-order valence-corrected chi connectivity index (χ2v) is 6.83. The smallest absolute Gasteiger partial charge is 0.311 e. The van der Waals surface area contributed by atoms with E-state index in [9.17, 15) is 13.2 Å². The molecule has 1 saturated heterocycles. The fraction of sp³-hybridized carbons (Fsp3) is 0.462. The van der Waals surface area contributed by atoms with Crippen LogP contribution in [0.3, 0.4) is 0 Å². The molecule has 0 N–H and O–H groups in total. The molecule has 0 aliphatic carbocycles. The number of methoxy groups -OCH3 is 1. The quantitative estimate of drug-likeness (QED) is 0.618. The van der Waals surface area contributed by atoms with Gasteiger partial charge < -0.3 is 9.47 Å². The second kappa shape index (κ2) is 5.61. The second-order valence-electron chi connectivity index (χ2n) is 4.60. The van der Waals surface area contributed by atoms with Crippen LogP contribution in [0.4, 0.5) is 0 Å². The number of benzene rings is 1. The molecule has 6 heteroatoms. The van der Waals surface area contributed by atoms with Crippen LogP contribution in [0.15, 0.2) is 24.3 Å². The van der Waals surface area contributed by atoms with E-state index in [0.29, 0.717) is 17.9 Å². The van der Waals surface area contributed by atoms with E-state index in [0.717, 1.165) is 0 Å². The first kappa shape index (κ1) is 13.9. The van der Waals surface area contributed by atoms with Crippen LogP contribution in [-0.2, 0) is 14.6 Å². The summed E-state index contributed by atoms with van der Waals surface area (Å²) in [4.78, 5) is 11.8. The van der Waals surface area contributed by atoms with Gasteiger partial charge in [-0.25, -0.2) is 8.42 Å². The Morgan fingerprint density at radius 1 is 1.32 bits per heavy atom. The Morgan fingerprint density at radius 3 is 2.58 bits per heavy atom. The molecule has 0 bridgehead atoms. The van der Waals surface area contributed by atoms with Crippen molar-refractivity contribution in [3.8, 4) is 11.5 Å². The molecule has 104 valence electrons. The van der Waals surface area contributed by atoms with Crippen molar-refractivity contribution in [1.29, 1.82) is 0 Å². The molecule has 1 aliphatic rings. The van der Waals surface area contributed by atoms with Gasteiger partial charge in [-0.1, -0.05) is 12.1 Å². The molecule has 2 rings (SSSR count). The number of sulfone groups is 1. The van der Waals surface area contributed by atoms with E-state index in [4.69, 9.17) is 9.47 Å². The number of hydrogen-bond donors (Lipinski definition) is 0. The molecule has 0 amide bonds. The summed E-state index contributed by atoms with van der Waals surface area (Å²) in [5.41, 5.74) is 0. The molecule has 1 fully saturated rings. The summed E-state index contributed by atoms with van der Waals surface area (Å²) in [7, 11) is -1.46. The van der Waals surface area contributed by atoms with Crippen molar-refractivity contribution in [1.82, 2.24) is 0 Å². The Balaban J connectivity index is 1.95. The maximum absolute atomic E-state index is 11.8. The molecule has 1 aromatic rings. The van der Waals surface area contributed by atoms with Gasteiger partial charge in [0.25, 0.3) is 0 Å². The molecule has 0 saturated carbocycles. The lowest BCUT2D eigenvalue weighted by Crippen LogP contribution is -2.15. The Hall–Kier alpha value is -1.56. The topological polar surface area (TPSA) is 69.7 Å². The summed E-state index contributed by atoms with van der Waals surface area (Å²) in [5, 5.41) is 0. The van der Waals surface area contributed by atoms with Gasteiger partial charge in [-0.05, 0) is 24.5 Å². The van der Waals surface area contributed by atoms with Crippen LogP contribution in [0.2, 0.25) is 0 Å². The highest BCUT2D eigenvalue weighted by Gasteiger charge is 2.30. The maximum Gasteiger partial charge on any atom is 0.311 e. The van der Waals surface area contributed by atoms with Crippen LogP contribution < -0.4 is 9.47 Å². The average molecular weight is 284 g/mol. The standard InChI is InChI=1S/C13H16O5S/c1-17-11-4-2-3-5-12(11)18-13(14)8-10-6-7-19(15,16)9-10/h2-5,10H,6-9H2,1H3/t10-/m1/s1. The summed E-state index contributed by atoms with van der Waals surface area (Å²) in [6.07, 6.45) is 0.653. The van der Waals surface area contributed by atoms with Crippen molar-refractivity contribution in [3.63, 3.8) is 0 Å². The van der Waals surface area contributed by atoms with Crippen LogP contribution in [0.25, 0.3) is 0 Å². The molecule has 1 aromatic carbocycles. The Labute approximate surface area is 112 Å². The van der Waals surface area contributed by atoms with Crippen LogP contribution in [0.5, 0.6) is 11.5 Å². The Morgan fingerprint density at radius 2 is 2.00 bits per heavy atom. The van der Waals surface area contributed by atoms with Crippen molar-refractivity contribution in [2.45, 2.75) is 12.8 Å².